The molecule has 4 rings (SSSR count). The summed E-state index contributed by atoms with van der Waals surface area (Å²) < 4.78 is 11.4. The van der Waals surface area contributed by atoms with Crippen LogP contribution < -0.4 is 10.1 Å². The third-order valence-electron chi connectivity index (χ3n) is 5.39. The third kappa shape index (κ3) is 3.88. The van der Waals surface area contributed by atoms with Gasteiger partial charge in [-0.05, 0) is 43.5 Å². The van der Waals surface area contributed by atoms with Crippen LogP contribution in [0.25, 0.3) is 0 Å². The highest BCUT2D eigenvalue weighted by Crippen LogP contribution is 2.37. The Hall–Kier alpha value is -2.67. The summed E-state index contributed by atoms with van der Waals surface area (Å²) in [6.07, 6.45) is 6.05. The molecule has 1 amide bonds. The molecule has 2 aromatic rings. The summed E-state index contributed by atoms with van der Waals surface area (Å²) in [6, 6.07) is 9.32. The van der Waals surface area contributed by atoms with Crippen LogP contribution in [0.5, 0.6) is 5.75 Å². The molecule has 7 nitrogen and oxygen atoms in total. The van der Waals surface area contributed by atoms with Crippen molar-refractivity contribution in [3.63, 3.8) is 0 Å². The average Bonchev–Trinajstić information content (AvgIpc) is 3.11. The first-order valence-electron chi connectivity index (χ1n) is 9.28. The lowest BCUT2D eigenvalue weighted by atomic mass is 9.87. The van der Waals surface area contributed by atoms with Crippen molar-refractivity contribution in [1.29, 1.82) is 0 Å². The van der Waals surface area contributed by atoms with Gasteiger partial charge >= 0.3 is 0 Å². The van der Waals surface area contributed by atoms with Crippen LogP contribution in [0.1, 0.15) is 29.6 Å². The second-order valence-corrected chi connectivity index (χ2v) is 7.14. The van der Waals surface area contributed by atoms with E-state index < -0.39 is 0 Å². The van der Waals surface area contributed by atoms with Crippen LogP contribution in [0.15, 0.2) is 42.7 Å². The van der Waals surface area contributed by atoms with E-state index in [2.05, 4.69) is 15.3 Å². The zero-order valence-corrected chi connectivity index (χ0v) is 15.4. The number of aromatic nitrogens is 2. The van der Waals surface area contributed by atoms with Crippen LogP contribution in [0.2, 0.25) is 0 Å². The lowest BCUT2D eigenvalue weighted by Gasteiger charge is -2.38. The van der Waals surface area contributed by atoms with Gasteiger partial charge in [-0.3, -0.25) is 4.79 Å². The van der Waals surface area contributed by atoms with Crippen molar-refractivity contribution in [1.82, 2.24) is 14.9 Å². The minimum Gasteiger partial charge on any atom is -0.497 e. The summed E-state index contributed by atoms with van der Waals surface area (Å²) in [5, 5.41) is 3.34. The molecule has 1 spiro atoms. The molecule has 2 saturated heterocycles. The SMILES string of the molecule is COc1cccc(C(=O)N2CCC3(CC2)C[C@H](Nc2ncccn2)CO3)c1. The summed E-state index contributed by atoms with van der Waals surface area (Å²) in [7, 11) is 1.61. The number of piperidine rings is 1. The molecular weight excluding hydrogens is 344 g/mol. The van der Waals surface area contributed by atoms with Gasteiger partial charge in [0, 0.05) is 31.0 Å². The summed E-state index contributed by atoms with van der Waals surface area (Å²) in [6.45, 7) is 2.04. The smallest absolute Gasteiger partial charge is 0.253 e. The van der Waals surface area contributed by atoms with Gasteiger partial charge in [0.2, 0.25) is 5.95 Å². The average molecular weight is 368 g/mol. The number of benzene rings is 1. The van der Waals surface area contributed by atoms with Crippen molar-refractivity contribution in [2.24, 2.45) is 0 Å². The fourth-order valence-corrected chi connectivity index (χ4v) is 3.90. The fourth-order valence-electron chi connectivity index (χ4n) is 3.90. The molecule has 1 atom stereocenters. The van der Waals surface area contributed by atoms with Crippen LogP contribution >= 0.6 is 0 Å². The number of hydrogen-bond acceptors (Lipinski definition) is 6. The van der Waals surface area contributed by atoms with Gasteiger partial charge in [-0.2, -0.15) is 0 Å². The molecule has 3 heterocycles. The summed E-state index contributed by atoms with van der Waals surface area (Å²) >= 11 is 0. The van der Waals surface area contributed by atoms with E-state index in [0.29, 0.717) is 37.0 Å². The van der Waals surface area contributed by atoms with Crippen LogP contribution in [0, 0.1) is 0 Å². The number of carbonyl (C=O) groups excluding carboxylic acids is 1. The van der Waals surface area contributed by atoms with E-state index in [1.807, 2.05) is 23.1 Å². The first kappa shape index (κ1) is 17.7. The number of nitrogens with one attached hydrogen (secondary N) is 1. The second kappa shape index (κ2) is 7.52. The maximum Gasteiger partial charge on any atom is 0.253 e. The number of amides is 1. The standard InChI is InChI=1S/C20H24N4O3/c1-26-17-5-2-4-15(12-17)18(25)24-10-6-20(7-11-24)13-16(14-27-20)23-19-21-8-3-9-22-19/h2-5,8-9,12,16H,6-7,10-11,13-14H2,1H3,(H,21,22,23)/t16-/m0/s1. The van der Waals surface area contributed by atoms with Crippen molar-refractivity contribution in [2.75, 3.05) is 32.1 Å². The lowest BCUT2D eigenvalue weighted by Crippen LogP contribution is -2.46. The minimum absolute atomic E-state index is 0.0501. The predicted molar refractivity (Wildman–Crippen MR) is 101 cm³/mol. The maximum absolute atomic E-state index is 12.8. The molecular formula is C20H24N4O3. The molecule has 2 aliphatic rings. The number of carbonyl (C=O) groups is 1. The number of anilines is 1. The number of ether oxygens (including phenoxy) is 2. The molecule has 142 valence electrons. The first-order valence-corrected chi connectivity index (χ1v) is 9.28. The van der Waals surface area contributed by atoms with E-state index in [1.165, 1.54) is 0 Å². The Morgan fingerprint density at radius 1 is 1.26 bits per heavy atom. The highest BCUT2D eigenvalue weighted by Gasteiger charge is 2.43. The molecule has 0 unspecified atom stereocenters. The largest absolute Gasteiger partial charge is 0.497 e. The monoisotopic (exact) mass is 368 g/mol. The predicted octanol–water partition coefficient (Wildman–Crippen LogP) is 2.36. The molecule has 2 fully saturated rings. The molecule has 1 aromatic carbocycles. The summed E-state index contributed by atoms with van der Waals surface area (Å²) in [4.78, 5) is 23.1. The van der Waals surface area contributed by atoms with Crippen molar-refractivity contribution in [2.45, 2.75) is 30.9 Å². The quantitative estimate of drug-likeness (QED) is 0.893. The Labute approximate surface area is 158 Å². The van der Waals surface area contributed by atoms with Crippen LogP contribution in [0.3, 0.4) is 0 Å². The van der Waals surface area contributed by atoms with Crippen LogP contribution in [0.4, 0.5) is 5.95 Å². The van der Waals surface area contributed by atoms with Gasteiger partial charge in [0.15, 0.2) is 0 Å². The van der Waals surface area contributed by atoms with Crippen molar-refractivity contribution in [3.05, 3.63) is 48.3 Å². The zero-order valence-electron chi connectivity index (χ0n) is 15.4. The van der Waals surface area contributed by atoms with E-state index in [1.54, 1.807) is 31.6 Å². The number of nitrogens with zero attached hydrogens (tertiary/aromatic N) is 3. The molecule has 1 N–H and O–H groups in total. The van der Waals surface area contributed by atoms with Crippen molar-refractivity contribution in [3.8, 4) is 5.75 Å². The van der Waals surface area contributed by atoms with Gasteiger partial charge in [-0.25, -0.2) is 9.97 Å². The lowest BCUT2D eigenvalue weighted by molar-refractivity contribution is -0.0388. The van der Waals surface area contributed by atoms with E-state index in [4.69, 9.17) is 9.47 Å². The zero-order chi connectivity index (χ0) is 18.7. The Bertz CT molecular complexity index is 791. The summed E-state index contributed by atoms with van der Waals surface area (Å²) in [5.74, 6) is 1.38. The molecule has 27 heavy (non-hydrogen) atoms. The normalized spacial score (nSPS) is 21.2. The topological polar surface area (TPSA) is 76.6 Å². The van der Waals surface area contributed by atoms with Gasteiger partial charge in [0.25, 0.3) is 5.91 Å². The molecule has 0 saturated carbocycles. The van der Waals surface area contributed by atoms with E-state index >= 15 is 0 Å². The Morgan fingerprint density at radius 2 is 2.04 bits per heavy atom. The summed E-state index contributed by atoms with van der Waals surface area (Å²) in [5.41, 5.74) is 0.510. The molecule has 7 heteroatoms. The second-order valence-electron chi connectivity index (χ2n) is 7.14. The molecule has 2 aliphatic heterocycles. The fraction of sp³-hybridized carbons (Fsp3) is 0.450. The van der Waals surface area contributed by atoms with Crippen molar-refractivity contribution < 1.29 is 14.3 Å². The number of methoxy groups -OCH3 is 1. The Kier molecular flexibility index (Phi) is 4.94. The van der Waals surface area contributed by atoms with Gasteiger partial charge < -0.3 is 19.7 Å². The van der Waals surface area contributed by atoms with Gasteiger partial charge in [0.1, 0.15) is 5.75 Å². The molecule has 0 aliphatic carbocycles. The number of hydrogen-bond donors (Lipinski definition) is 1. The van der Waals surface area contributed by atoms with Gasteiger partial charge in [-0.1, -0.05) is 6.07 Å². The van der Waals surface area contributed by atoms with Crippen LogP contribution in [-0.2, 0) is 4.74 Å². The van der Waals surface area contributed by atoms with Crippen LogP contribution in [-0.4, -0.2) is 59.2 Å². The molecule has 0 radical (unpaired) electrons. The maximum atomic E-state index is 12.8. The Morgan fingerprint density at radius 3 is 2.78 bits per heavy atom. The van der Waals surface area contributed by atoms with E-state index in [-0.39, 0.29) is 17.6 Å². The highest BCUT2D eigenvalue weighted by atomic mass is 16.5. The van der Waals surface area contributed by atoms with E-state index in [0.717, 1.165) is 19.3 Å². The van der Waals surface area contributed by atoms with Gasteiger partial charge in [-0.15, -0.1) is 0 Å². The molecule has 0 bridgehead atoms. The van der Waals surface area contributed by atoms with Crippen molar-refractivity contribution >= 4 is 11.9 Å². The Balaban J connectivity index is 1.34. The number of likely N-dealkylation sites (tertiary alicyclic amines) is 1. The number of rotatable bonds is 4. The minimum atomic E-state index is -0.155. The highest BCUT2D eigenvalue weighted by molar-refractivity contribution is 5.94. The van der Waals surface area contributed by atoms with E-state index in [9.17, 15) is 4.79 Å². The van der Waals surface area contributed by atoms with Gasteiger partial charge in [0.05, 0.1) is 25.4 Å². The first-order chi connectivity index (χ1) is 13.2. The molecule has 1 aromatic heterocycles. The third-order valence-corrected chi connectivity index (χ3v) is 5.39.